The summed E-state index contributed by atoms with van der Waals surface area (Å²) in [6.07, 6.45) is 5.63. The number of rotatable bonds is 5. The number of thiophene rings is 1. The van der Waals surface area contributed by atoms with Crippen LogP contribution in [0.3, 0.4) is 0 Å². The summed E-state index contributed by atoms with van der Waals surface area (Å²) in [7, 11) is 0. The molecule has 0 aliphatic heterocycles. The van der Waals surface area contributed by atoms with Gasteiger partial charge in [-0.05, 0) is 65.7 Å². The third kappa shape index (κ3) is 4.83. The van der Waals surface area contributed by atoms with E-state index in [4.69, 9.17) is 0 Å². The highest BCUT2D eigenvalue weighted by Gasteiger charge is 2.11. The van der Waals surface area contributed by atoms with Gasteiger partial charge in [-0.3, -0.25) is 9.78 Å². The number of halogens is 1. The molecule has 142 valence electrons. The summed E-state index contributed by atoms with van der Waals surface area (Å²) < 4.78 is 13.1. The van der Waals surface area contributed by atoms with Crippen molar-refractivity contribution in [2.75, 3.05) is 5.32 Å². The minimum absolute atomic E-state index is 0.172. The number of carbonyl (C=O) groups is 1. The first-order chi connectivity index (χ1) is 14.2. The van der Waals surface area contributed by atoms with Crippen LogP contribution in [0.4, 0.5) is 10.1 Å². The summed E-state index contributed by atoms with van der Waals surface area (Å²) in [6, 6.07) is 23.3. The normalized spacial score (nSPS) is 10.9. The van der Waals surface area contributed by atoms with E-state index in [1.807, 2.05) is 60.7 Å². The molecule has 1 amide bonds. The van der Waals surface area contributed by atoms with E-state index in [1.165, 1.54) is 23.5 Å². The van der Waals surface area contributed by atoms with Crippen LogP contribution in [0.1, 0.15) is 20.9 Å². The Kier molecular flexibility index (Phi) is 5.59. The molecule has 2 heterocycles. The molecule has 2 aromatic heterocycles. The topological polar surface area (TPSA) is 42.0 Å². The average Bonchev–Trinajstić information content (AvgIpc) is 3.24. The Labute approximate surface area is 172 Å². The molecule has 0 bridgehead atoms. The van der Waals surface area contributed by atoms with E-state index in [2.05, 4.69) is 10.3 Å². The van der Waals surface area contributed by atoms with Crippen LogP contribution in [0.25, 0.3) is 22.6 Å². The predicted octanol–water partition coefficient (Wildman–Crippen LogP) is 6.37. The zero-order valence-electron chi connectivity index (χ0n) is 15.4. The van der Waals surface area contributed by atoms with E-state index in [1.54, 1.807) is 24.4 Å². The van der Waals surface area contributed by atoms with E-state index in [0.29, 0.717) is 4.88 Å². The molecule has 0 fully saturated rings. The Morgan fingerprint density at radius 1 is 0.931 bits per heavy atom. The molecule has 0 spiro atoms. The number of amides is 1. The fourth-order valence-corrected chi connectivity index (χ4v) is 3.70. The van der Waals surface area contributed by atoms with Crippen LogP contribution in [-0.2, 0) is 0 Å². The van der Waals surface area contributed by atoms with Gasteiger partial charge in [0.25, 0.3) is 5.91 Å². The highest BCUT2D eigenvalue weighted by Crippen LogP contribution is 2.29. The van der Waals surface area contributed by atoms with E-state index >= 15 is 0 Å². The second-order valence-electron chi connectivity index (χ2n) is 6.34. The van der Waals surface area contributed by atoms with Crippen LogP contribution >= 0.6 is 11.3 Å². The largest absolute Gasteiger partial charge is 0.321 e. The number of pyridine rings is 1. The summed E-state index contributed by atoms with van der Waals surface area (Å²) in [5.41, 5.74) is 3.44. The smallest absolute Gasteiger partial charge is 0.265 e. The quantitative estimate of drug-likeness (QED) is 0.423. The minimum atomic E-state index is -0.278. The van der Waals surface area contributed by atoms with Crippen molar-refractivity contribution >= 4 is 35.1 Å². The number of benzene rings is 2. The van der Waals surface area contributed by atoms with Gasteiger partial charge in [-0.25, -0.2) is 4.39 Å². The lowest BCUT2D eigenvalue weighted by molar-refractivity contribution is 0.103. The standard InChI is InChI=1S/C24H17FN2OS/c25-19-10-8-18(9-11-19)22-13-14-23(29-22)24(28)27-21-6-3-4-17(16-21)7-12-20-5-1-2-15-26-20/h1-16H,(H,27,28). The van der Waals surface area contributed by atoms with Crippen LogP contribution in [0.2, 0.25) is 0 Å². The molecule has 0 saturated carbocycles. The molecule has 2 aromatic carbocycles. The van der Waals surface area contributed by atoms with Crippen molar-refractivity contribution in [3.8, 4) is 10.4 Å². The van der Waals surface area contributed by atoms with E-state index in [9.17, 15) is 9.18 Å². The molecular weight excluding hydrogens is 383 g/mol. The molecule has 0 aliphatic rings. The maximum absolute atomic E-state index is 13.1. The molecule has 0 saturated heterocycles. The van der Waals surface area contributed by atoms with E-state index in [-0.39, 0.29) is 11.7 Å². The van der Waals surface area contributed by atoms with Gasteiger partial charge in [0, 0.05) is 16.8 Å². The highest BCUT2D eigenvalue weighted by atomic mass is 32.1. The van der Waals surface area contributed by atoms with Crippen LogP contribution in [-0.4, -0.2) is 10.9 Å². The van der Waals surface area contributed by atoms with Crippen LogP contribution in [0.5, 0.6) is 0 Å². The lowest BCUT2D eigenvalue weighted by Crippen LogP contribution is -2.09. The van der Waals surface area contributed by atoms with Crippen LogP contribution in [0.15, 0.2) is 85.1 Å². The summed E-state index contributed by atoms with van der Waals surface area (Å²) in [4.78, 5) is 18.4. The van der Waals surface area contributed by atoms with Gasteiger partial charge < -0.3 is 5.32 Å². The van der Waals surface area contributed by atoms with Crippen molar-refractivity contribution in [3.05, 3.63) is 107 Å². The van der Waals surface area contributed by atoms with Gasteiger partial charge in [0.15, 0.2) is 0 Å². The van der Waals surface area contributed by atoms with Gasteiger partial charge in [-0.2, -0.15) is 0 Å². The SMILES string of the molecule is O=C(Nc1cccc(C=Cc2ccccn2)c1)c1ccc(-c2ccc(F)cc2)s1. The fraction of sp³-hybridized carbons (Fsp3) is 0. The second-order valence-corrected chi connectivity index (χ2v) is 7.42. The maximum Gasteiger partial charge on any atom is 0.265 e. The van der Waals surface area contributed by atoms with Gasteiger partial charge in [-0.15, -0.1) is 11.3 Å². The van der Waals surface area contributed by atoms with Crippen molar-refractivity contribution in [2.45, 2.75) is 0 Å². The number of aromatic nitrogens is 1. The van der Waals surface area contributed by atoms with Gasteiger partial charge in [0.05, 0.1) is 10.6 Å². The van der Waals surface area contributed by atoms with Gasteiger partial charge in [0.2, 0.25) is 0 Å². The number of hydrogen-bond acceptors (Lipinski definition) is 3. The van der Waals surface area contributed by atoms with E-state index < -0.39 is 0 Å². The summed E-state index contributed by atoms with van der Waals surface area (Å²) in [6.45, 7) is 0. The Morgan fingerprint density at radius 3 is 2.59 bits per heavy atom. The Hall–Kier alpha value is -3.57. The average molecular weight is 400 g/mol. The molecular formula is C24H17FN2OS. The van der Waals surface area contributed by atoms with Crippen molar-refractivity contribution < 1.29 is 9.18 Å². The number of hydrogen-bond donors (Lipinski definition) is 1. The first-order valence-corrected chi connectivity index (χ1v) is 9.85. The molecule has 1 N–H and O–H groups in total. The molecule has 3 nitrogen and oxygen atoms in total. The first-order valence-electron chi connectivity index (χ1n) is 9.04. The minimum Gasteiger partial charge on any atom is -0.321 e. The highest BCUT2D eigenvalue weighted by molar-refractivity contribution is 7.17. The summed E-state index contributed by atoms with van der Waals surface area (Å²) in [5.74, 6) is -0.450. The van der Waals surface area contributed by atoms with Gasteiger partial charge in [0.1, 0.15) is 5.82 Å². The van der Waals surface area contributed by atoms with Crippen molar-refractivity contribution in [2.24, 2.45) is 0 Å². The van der Waals surface area contributed by atoms with Gasteiger partial charge in [-0.1, -0.05) is 36.4 Å². The first kappa shape index (κ1) is 18.8. The number of nitrogens with zero attached hydrogens (tertiary/aromatic N) is 1. The second kappa shape index (κ2) is 8.63. The van der Waals surface area contributed by atoms with Crippen molar-refractivity contribution in [3.63, 3.8) is 0 Å². The molecule has 0 atom stereocenters. The van der Waals surface area contributed by atoms with Gasteiger partial charge >= 0.3 is 0 Å². The molecule has 5 heteroatoms. The maximum atomic E-state index is 13.1. The third-order valence-corrected chi connectivity index (χ3v) is 5.37. The third-order valence-electron chi connectivity index (χ3n) is 4.24. The summed E-state index contributed by atoms with van der Waals surface area (Å²) >= 11 is 1.37. The van der Waals surface area contributed by atoms with Crippen molar-refractivity contribution in [1.29, 1.82) is 0 Å². The molecule has 29 heavy (non-hydrogen) atoms. The Balaban J connectivity index is 1.46. The lowest BCUT2D eigenvalue weighted by atomic mass is 10.1. The predicted molar refractivity (Wildman–Crippen MR) is 117 cm³/mol. The fourth-order valence-electron chi connectivity index (χ4n) is 2.80. The summed E-state index contributed by atoms with van der Waals surface area (Å²) in [5, 5.41) is 2.93. The van der Waals surface area contributed by atoms with Crippen LogP contribution < -0.4 is 5.32 Å². The molecule has 4 rings (SSSR count). The van der Waals surface area contributed by atoms with Crippen molar-refractivity contribution in [1.82, 2.24) is 4.98 Å². The van der Waals surface area contributed by atoms with E-state index in [0.717, 1.165) is 27.4 Å². The van der Waals surface area contributed by atoms with Crippen LogP contribution in [0, 0.1) is 5.82 Å². The lowest BCUT2D eigenvalue weighted by Gasteiger charge is -2.04. The monoisotopic (exact) mass is 400 g/mol. The molecule has 0 unspecified atom stereocenters. The zero-order chi connectivity index (χ0) is 20.1. The number of carbonyl (C=O) groups excluding carboxylic acids is 1. The number of anilines is 1. The molecule has 4 aromatic rings. The Bertz CT molecular complexity index is 1150. The number of nitrogens with one attached hydrogen (secondary N) is 1. The zero-order valence-corrected chi connectivity index (χ0v) is 16.2. The Morgan fingerprint density at radius 2 is 1.79 bits per heavy atom. The molecule has 0 radical (unpaired) electrons. The molecule has 0 aliphatic carbocycles.